The first kappa shape index (κ1) is 18.1. The Morgan fingerprint density at radius 1 is 1.07 bits per heavy atom. The standard InChI is InChI=1S/C22H19FN4OS/c1-14-19(26-28-20(14)15-9-11-17(23)12-10-15)13-29-22-25-24-21(16-7-8-16)27(22)18-5-3-2-4-6-18/h2-6,9-12,16H,7-8,13H2,1H3. The number of aromatic nitrogens is 4. The Kier molecular flexibility index (Phi) is 4.67. The number of hydrogen-bond acceptors (Lipinski definition) is 5. The van der Waals surface area contributed by atoms with E-state index in [0.717, 1.165) is 33.5 Å². The predicted octanol–water partition coefficient (Wildman–Crippen LogP) is 5.54. The van der Waals surface area contributed by atoms with E-state index in [2.05, 4.69) is 32.1 Å². The van der Waals surface area contributed by atoms with Gasteiger partial charge in [-0.3, -0.25) is 4.57 Å². The molecule has 1 aliphatic rings. The summed E-state index contributed by atoms with van der Waals surface area (Å²) in [5.74, 6) is 2.54. The third kappa shape index (κ3) is 3.58. The summed E-state index contributed by atoms with van der Waals surface area (Å²) in [4.78, 5) is 0. The smallest absolute Gasteiger partial charge is 0.196 e. The van der Waals surface area contributed by atoms with E-state index in [9.17, 15) is 4.39 Å². The van der Waals surface area contributed by atoms with Gasteiger partial charge in [-0.2, -0.15) is 0 Å². The maximum Gasteiger partial charge on any atom is 0.196 e. The van der Waals surface area contributed by atoms with Crippen LogP contribution in [0.15, 0.2) is 64.3 Å². The maximum atomic E-state index is 13.2. The third-order valence-electron chi connectivity index (χ3n) is 5.08. The highest BCUT2D eigenvalue weighted by Gasteiger charge is 2.31. The van der Waals surface area contributed by atoms with Crippen molar-refractivity contribution in [2.45, 2.75) is 36.6 Å². The van der Waals surface area contributed by atoms with Gasteiger partial charge in [0.25, 0.3) is 0 Å². The number of para-hydroxylation sites is 1. The molecule has 0 atom stereocenters. The second-order valence-corrected chi connectivity index (χ2v) is 8.11. The van der Waals surface area contributed by atoms with Crippen molar-refractivity contribution in [3.63, 3.8) is 0 Å². The van der Waals surface area contributed by atoms with Crippen molar-refractivity contribution in [2.24, 2.45) is 0 Å². The minimum absolute atomic E-state index is 0.270. The van der Waals surface area contributed by atoms with Gasteiger partial charge in [-0.1, -0.05) is 35.1 Å². The molecule has 29 heavy (non-hydrogen) atoms. The lowest BCUT2D eigenvalue weighted by Gasteiger charge is -2.09. The van der Waals surface area contributed by atoms with E-state index < -0.39 is 0 Å². The Morgan fingerprint density at radius 2 is 1.83 bits per heavy atom. The summed E-state index contributed by atoms with van der Waals surface area (Å²) in [5.41, 5.74) is 3.70. The Balaban J connectivity index is 1.41. The summed E-state index contributed by atoms with van der Waals surface area (Å²) in [6, 6.07) is 16.5. The molecule has 1 aliphatic carbocycles. The third-order valence-corrected chi connectivity index (χ3v) is 6.02. The number of thioether (sulfide) groups is 1. The number of halogens is 1. The molecule has 0 bridgehead atoms. The molecule has 146 valence electrons. The van der Waals surface area contributed by atoms with Crippen LogP contribution in [-0.4, -0.2) is 19.9 Å². The highest BCUT2D eigenvalue weighted by molar-refractivity contribution is 7.98. The fraction of sp³-hybridized carbons (Fsp3) is 0.227. The normalized spacial score (nSPS) is 13.7. The van der Waals surface area contributed by atoms with E-state index in [0.29, 0.717) is 17.4 Å². The summed E-state index contributed by atoms with van der Waals surface area (Å²) < 4.78 is 20.9. The van der Waals surface area contributed by atoms with Crippen LogP contribution in [0.2, 0.25) is 0 Å². The van der Waals surface area contributed by atoms with E-state index in [4.69, 9.17) is 4.52 Å². The Labute approximate surface area is 172 Å². The van der Waals surface area contributed by atoms with Gasteiger partial charge in [-0.05, 0) is 56.2 Å². The molecule has 2 aromatic heterocycles. The first-order valence-corrected chi connectivity index (χ1v) is 10.5. The fourth-order valence-corrected chi connectivity index (χ4v) is 4.27. The summed E-state index contributed by atoms with van der Waals surface area (Å²) >= 11 is 1.59. The average Bonchev–Trinajstić information content (AvgIpc) is 3.41. The minimum Gasteiger partial charge on any atom is -0.356 e. The molecule has 5 rings (SSSR count). The Bertz CT molecular complexity index is 1130. The van der Waals surface area contributed by atoms with Gasteiger partial charge in [0.15, 0.2) is 10.9 Å². The van der Waals surface area contributed by atoms with Crippen LogP contribution in [0.5, 0.6) is 0 Å². The van der Waals surface area contributed by atoms with Gasteiger partial charge in [0.1, 0.15) is 11.6 Å². The van der Waals surface area contributed by atoms with Crippen LogP contribution >= 0.6 is 11.8 Å². The van der Waals surface area contributed by atoms with Gasteiger partial charge in [0.2, 0.25) is 0 Å². The lowest BCUT2D eigenvalue weighted by Crippen LogP contribution is -2.01. The maximum absolute atomic E-state index is 13.2. The monoisotopic (exact) mass is 406 g/mol. The topological polar surface area (TPSA) is 56.7 Å². The second-order valence-electron chi connectivity index (χ2n) is 7.16. The van der Waals surface area contributed by atoms with Crippen LogP contribution < -0.4 is 0 Å². The largest absolute Gasteiger partial charge is 0.356 e. The number of benzene rings is 2. The van der Waals surface area contributed by atoms with Crippen molar-refractivity contribution in [3.05, 3.63) is 77.5 Å². The minimum atomic E-state index is -0.270. The van der Waals surface area contributed by atoms with Crippen molar-refractivity contribution >= 4 is 11.8 Å². The zero-order valence-corrected chi connectivity index (χ0v) is 16.7. The summed E-state index contributed by atoms with van der Waals surface area (Å²) in [7, 11) is 0. The van der Waals surface area contributed by atoms with Gasteiger partial charge < -0.3 is 4.52 Å². The van der Waals surface area contributed by atoms with Crippen LogP contribution in [-0.2, 0) is 5.75 Å². The highest BCUT2D eigenvalue weighted by Crippen LogP contribution is 2.41. The molecule has 1 saturated carbocycles. The molecule has 0 amide bonds. The van der Waals surface area contributed by atoms with E-state index in [1.54, 1.807) is 23.9 Å². The molecule has 0 aliphatic heterocycles. The van der Waals surface area contributed by atoms with Crippen LogP contribution in [0.4, 0.5) is 4.39 Å². The van der Waals surface area contributed by atoms with Gasteiger partial charge in [0, 0.05) is 28.5 Å². The average molecular weight is 406 g/mol. The predicted molar refractivity (Wildman–Crippen MR) is 110 cm³/mol. The first-order valence-electron chi connectivity index (χ1n) is 9.55. The van der Waals surface area contributed by atoms with E-state index in [1.165, 1.54) is 25.0 Å². The molecule has 0 unspecified atom stereocenters. The van der Waals surface area contributed by atoms with Crippen molar-refractivity contribution < 1.29 is 8.91 Å². The van der Waals surface area contributed by atoms with Gasteiger partial charge >= 0.3 is 0 Å². The zero-order valence-electron chi connectivity index (χ0n) is 15.9. The van der Waals surface area contributed by atoms with Crippen molar-refractivity contribution in [3.8, 4) is 17.0 Å². The molecular weight excluding hydrogens is 387 g/mol. The SMILES string of the molecule is Cc1c(CSc2nnc(C3CC3)n2-c2ccccc2)noc1-c1ccc(F)cc1. The molecule has 4 aromatic rings. The summed E-state index contributed by atoms with van der Waals surface area (Å²) in [6.07, 6.45) is 2.33. The van der Waals surface area contributed by atoms with E-state index >= 15 is 0 Å². The van der Waals surface area contributed by atoms with E-state index in [1.807, 2.05) is 25.1 Å². The zero-order chi connectivity index (χ0) is 19.8. The lowest BCUT2D eigenvalue weighted by molar-refractivity contribution is 0.426. The molecule has 0 N–H and O–H groups in total. The van der Waals surface area contributed by atoms with Gasteiger partial charge in [0.05, 0.1) is 5.69 Å². The van der Waals surface area contributed by atoms with Crippen LogP contribution in [0.3, 0.4) is 0 Å². The van der Waals surface area contributed by atoms with Crippen molar-refractivity contribution in [2.75, 3.05) is 0 Å². The number of hydrogen-bond donors (Lipinski definition) is 0. The van der Waals surface area contributed by atoms with Crippen LogP contribution in [0, 0.1) is 12.7 Å². The molecule has 2 aromatic carbocycles. The molecule has 0 radical (unpaired) electrons. The number of nitrogens with zero attached hydrogens (tertiary/aromatic N) is 4. The quantitative estimate of drug-likeness (QED) is 0.394. The van der Waals surface area contributed by atoms with Gasteiger partial charge in [-0.15, -0.1) is 10.2 Å². The van der Waals surface area contributed by atoms with Crippen LogP contribution in [0.25, 0.3) is 17.0 Å². The molecule has 0 saturated heterocycles. The summed E-state index contributed by atoms with van der Waals surface area (Å²) in [6.45, 7) is 1.97. The molecule has 5 nitrogen and oxygen atoms in total. The number of rotatable bonds is 6. The second kappa shape index (κ2) is 7.48. The first-order chi connectivity index (χ1) is 14.2. The van der Waals surface area contributed by atoms with Crippen molar-refractivity contribution in [1.82, 2.24) is 19.9 Å². The van der Waals surface area contributed by atoms with Gasteiger partial charge in [-0.25, -0.2) is 4.39 Å². The molecule has 0 spiro atoms. The van der Waals surface area contributed by atoms with Crippen LogP contribution in [0.1, 0.15) is 35.8 Å². The lowest BCUT2D eigenvalue weighted by atomic mass is 10.1. The van der Waals surface area contributed by atoms with E-state index in [-0.39, 0.29) is 5.82 Å². The molecule has 7 heteroatoms. The molecule has 1 fully saturated rings. The Morgan fingerprint density at radius 3 is 2.55 bits per heavy atom. The molecular formula is C22H19FN4OS. The fourth-order valence-electron chi connectivity index (χ4n) is 3.31. The van der Waals surface area contributed by atoms with Crippen molar-refractivity contribution in [1.29, 1.82) is 0 Å². The Hall–Kier alpha value is -2.93. The molecule has 2 heterocycles. The highest BCUT2D eigenvalue weighted by atomic mass is 32.2. The summed E-state index contributed by atoms with van der Waals surface area (Å²) in [5, 5.41) is 14.0.